The van der Waals surface area contributed by atoms with Crippen molar-refractivity contribution in [1.82, 2.24) is 0 Å². The standard InChI is InChI=1S/C12H27P.Rh/c1-10(2)7-13(8-11(3)4)9-12(5)6;/h10-12H,7-9H2,1-6H3;. The molecule has 0 atom stereocenters. The third kappa shape index (κ3) is 11.1. The van der Waals surface area contributed by atoms with Crippen LogP contribution in [0.5, 0.6) is 0 Å². The van der Waals surface area contributed by atoms with Crippen LogP contribution in [-0.4, -0.2) is 18.5 Å². The smallest absolute Gasteiger partial charge is 0 e. The molecular formula is C12H27PRh. The van der Waals surface area contributed by atoms with Gasteiger partial charge >= 0.3 is 0 Å². The summed E-state index contributed by atoms with van der Waals surface area (Å²) in [4.78, 5) is 0. The first-order valence-electron chi connectivity index (χ1n) is 5.64. The van der Waals surface area contributed by atoms with Crippen molar-refractivity contribution in [3.63, 3.8) is 0 Å². The fourth-order valence-electron chi connectivity index (χ4n) is 1.77. The molecule has 0 bridgehead atoms. The normalized spacial score (nSPS) is 11.6. The molecule has 0 amide bonds. The summed E-state index contributed by atoms with van der Waals surface area (Å²) in [6, 6.07) is 0. The van der Waals surface area contributed by atoms with Crippen LogP contribution in [0.2, 0.25) is 0 Å². The van der Waals surface area contributed by atoms with Gasteiger partial charge in [0.1, 0.15) is 0 Å². The van der Waals surface area contributed by atoms with Gasteiger partial charge in [-0.25, -0.2) is 0 Å². The molecule has 0 saturated carbocycles. The summed E-state index contributed by atoms with van der Waals surface area (Å²) in [6.07, 6.45) is 4.43. The van der Waals surface area contributed by atoms with Crippen molar-refractivity contribution in [3.05, 3.63) is 0 Å². The average Bonchev–Trinajstić information content (AvgIpc) is 1.80. The van der Waals surface area contributed by atoms with Crippen molar-refractivity contribution >= 4 is 7.92 Å². The van der Waals surface area contributed by atoms with E-state index in [2.05, 4.69) is 41.5 Å². The minimum Gasteiger partial charge on any atom is -0.106 e. The van der Waals surface area contributed by atoms with Gasteiger partial charge < -0.3 is 0 Å². The van der Waals surface area contributed by atoms with E-state index < -0.39 is 0 Å². The predicted molar refractivity (Wildman–Crippen MR) is 66.0 cm³/mol. The van der Waals surface area contributed by atoms with Crippen LogP contribution in [0, 0.1) is 17.8 Å². The van der Waals surface area contributed by atoms with Crippen molar-refractivity contribution in [3.8, 4) is 0 Å². The second kappa shape index (κ2) is 9.29. The molecule has 0 aliphatic carbocycles. The molecule has 0 aliphatic rings. The summed E-state index contributed by atoms with van der Waals surface area (Å²) in [6.45, 7) is 14.1. The van der Waals surface area contributed by atoms with Crippen molar-refractivity contribution in [2.75, 3.05) is 18.5 Å². The summed E-state index contributed by atoms with van der Waals surface area (Å²) >= 11 is 0. The van der Waals surface area contributed by atoms with Crippen molar-refractivity contribution in [1.29, 1.82) is 0 Å². The van der Waals surface area contributed by atoms with Gasteiger partial charge in [0, 0.05) is 19.5 Å². The van der Waals surface area contributed by atoms with Crippen molar-refractivity contribution < 1.29 is 19.5 Å². The molecule has 0 aromatic heterocycles. The minimum absolute atomic E-state index is 0. The van der Waals surface area contributed by atoms with Crippen LogP contribution in [0.3, 0.4) is 0 Å². The Morgan fingerprint density at radius 3 is 1.00 bits per heavy atom. The molecule has 0 unspecified atom stereocenters. The molecule has 0 nitrogen and oxygen atoms in total. The molecule has 1 radical (unpaired) electrons. The van der Waals surface area contributed by atoms with Gasteiger partial charge in [-0.3, -0.25) is 0 Å². The average molecular weight is 305 g/mol. The number of hydrogen-bond acceptors (Lipinski definition) is 0. The zero-order valence-electron chi connectivity index (χ0n) is 10.6. The molecule has 0 rings (SSSR count). The van der Waals surface area contributed by atoms with E-state index in [-0.39, 0.29) is 19.5 Å². The van der Waals surface area contributed by atoms with E-state index >= 15 is 0 Å². The first kappa shape index (κ1) is 17.4. The first-order valence-corrected chi connectivity index (χ1v) is 7.53. The van der Waals surface area contributed by atoms with E-state index in [9.17, 15) is 0 Å². The molecule has 2 heteroatoms. The number of rotatable bonds is 6. The Morgan fingerprint density at radius 2 is 0.857 bits per heavy atom. The van der Waals surface area contributed by atoms with Crippen LogP contribution in [0.25, 0.3) is 0 Å². The summed E-state index contributed by atoms with van der Waals surface area (Å²) in [5, 5.41) is 0. The first-order chi connectivity index (χ1) is 5.91. The van der Waals surface area contributed by atoms with E-state index in [1.807, 2.05) is 0 Å². The maximum absolute atomic E-state index is 2.36. The summed E-state index contributed by atoms with van der Waals surface area (Å²) in [5.74, 6) is 2.68. The summed E-state index contributed by atoms with van der Waals surface area (Å²) in [5.41, 5.74) is 0. The van der Waals surface area contributed by atoms with Gasteiger partial charge in [0.25, 0.3) is 0 Å². The maximum Gasteiger partial charge on any atom is 0 e. The molecule has 0 aromatic rings. The SMILES string of the molecule is CC(C)CP(CC(C)C)CC(C)C.[Rh]. The van der Waals surface area contributed by atoms with Crippen LogP contribution in [0.4, 0.5) is 0 Å². The summed E-state index contributed by atoms with van der Waals surface area (Å²) < 4.78 is 0. The van der Waals surface area contributed by atoms with Gasteiger partial charge in [-0.2, -0.15) is 0 Å². The predicted octanol–water partition coefficient (Wildman–Crippen LogP) is 4.43. The quantitative estimate of drug-likeness (QED) is 0.503. The molecule has 89 valence electrons. The Balaban J connectivity index is 0. The topological polar surface area (TPSA) is 0 Å². The molecule has 0 fully saturated rings. The molecule has 0 heterocycles. The van der Waals surface area contributed by atoms with Crippen LogP contribution in [0.1, 0.15) is 41.5 Å². The van der Waals surface area contributed by atoms with Crippen LogP contribution >= 0.6 is 7.92 Å². The van der Waals surface area contributed by atoms with E-state index in [0.29, 0.717) is 7.92 Å². The minimum atomic E-state index is 0. The van der Waals surface area contributed by atoms with Crippen LogP contribution in [0.15, 0.2) is 0 Å². The van der Waals surface area contributed by atoms with Gasteiger partial charge in [-0.15, -0.1) is 7.92 Å². The van der Waals surface area contributed by atoms with Gasteiger partial charge in [0.15, 0.2) is 0 Å². The van der Waals surface area contributed by atoms with Crippen molar-refractivity contribution in [2.24, 2.45) is 17.8 Å². The molecule has 0 spiro atoms. The molecular weight excluding hydrogens is 278 g/mol. The zero-order chi connectivity index (χ0) is 10.4. The van der Waals surface area contributed by atoms with E-state index in [0.717, 1.165) is 17.8 Å². The Kier molecular flexibility index (Phi) is 11.6. The Hall–Kier alpha value is 1.05. The van der Waals surface area contributed by atoms with Crippen LogP contribution in [-0.2, 0) is 19.5 Å². The third-order valence-corrected chi connectivity index (χ3v) is 5.61. The second-order valence-electron chi connectivity index (χ2n) is 5.40. The zero-order valence-corrected chi connectivity index (χ0v) is 13.2. The number of hydrogen-bond donors (Lipinski definition) is 0. The van der Waals surface area contributed by atoms with E-state index in [1.165, 1.54) is 18.5 Å². The van der Waals surface area contributed by atoms with Gasteiger partial charge in [-0.1, -0.05) is 41.5 Å². The molecule has 0 aromatic carbocycles. The second-order valence-corrected chi connectivity index (χ2v) is 7.84. The monoisotopic (exact) mass is 305 g/mol. The molecule has 0 aliphatic heterocycles. The van der Waals surface area contributed by atoms with Gasteiger partial charge in [0.2, 0.25) is 0 Å². The van der Waals surface area contributed by atoms with Gasteiger partial charge in [-0.05, 0) is 36.2 Å². The Bertz CT molecular complexity index is 97.7. The largest absolute Gasteiger partial charge is 0.106 e. The molecule has 0 N–H and O–H groups in total. The Morgan fingerprint density at radius 1 is 0.643 bits per heavy atom. The fraction of sp³-hybridized carbons (Fsp3) is 1.00. The van der Waals surface area contributed by atoms with E-state index in [4.69, 9.17) is 0 Å². The van der Waals surface area contributed by atoms with Crippen LogP contribution < -0.4 is 0 Å². The fourth-order valence-corrected chi connectivity index (χ4v) is 5.32. The van der Waals surface area contributed by atoms with Gasteiger partial charge in [0.05, 0.1) is 0 Å². The molecule has 0 saturated heterocycles. The van der Waals surface area contributed by atoms with E-state index in [1.54, 1.807) is 0 Å². The molecule has 14 heavy (non-hydrogen) atoms. The maximum atomic E-state index is 2.36. The summed E-state index contributed by atoms with van der Waals surface area (Å²) in [7, 11) is 0.321. The van der Waals surface area contributed by atoms with Crippen molar-refractivity contribution in [2.45, 2.75) is 41.5 Å². The Labute approximate surface area is 105 Å². The third-order valence-electron chi connectivity index (χ3n) is 1.87.